The second-order valence-electron chi connectivity index (χ2n) is 3.86. The van der Waals surface area contributed by atoms with Gasteiger partial charge in [-0.05, 0) is 21.5 Å². The van der Waals surface area contributed by atoms with E-state index in [1.165, 1.54) is 6.33 Å². The normalized spacial score (nSPS) is 10.9. The van der Waals surface area contributed by atoms with Crippen LogP contribution in [0.4, 0.5) is 0 Å². The van der Waals surface area contributed by atoms with Crippen molar-refractivity contribution in [2.24, 2.45) is 0 Å². The Balaban J connectivity index is 2.14. The Labute approximate surface area is 111 Å². The van der Waals surface area contributed by atoms with Crippen LogP contribution in [0.25, 0.3) is 11.0 Å². The highest BCUT2D eigenvalue weighted by Gasteiger charge is 2.12. The number of halogens is 1. The van der Waals surface area contributed by atoms with Gasteiger partial charge in [-0.2, -0.15) is 5.10 Å². The van der Waals surface area contributed by atoms with Crippen molar-refractivity contribution in [1.82, 2.24) is 19.7 Å². The van der Waals surface area contributed by atoms with E-state index in [2.05, 4.69) is 31.0 Å². The van der Waals surface area contributed by atoms with Gasteiger partial charge in [-0.1, -0.05) is 30.3 Å². The SMILES string of the molecule is O=c1[nH]cnc2c1c(Br)nn2Cc1ccccc1. The lowest BCUT2D eigenvalue weighted by atomic mass is 10.2. The first kappa shape index (κ1) is 11.2. The molecule has 5 nitrogen and oxygen atoms in total. The second kappa shape index (κ2) is 4.38. The van der Waals surface area contributed by atoms with Gasteiger partial charge >= 0.3 is 0 Å². The van der Waals surface area contributed by atoms with Crippen molar-refractivity contribution in [2.45, 2.75) is 6.54 Å². The van der Waals surface area contributed by atoms with E-state index in [0.29, 0.717) is 22.2 Å². The number of hydrogen-bond acceptors (Lipinski definition) is 3. The fourth-order valence-corrected chi connectivity index (χ4v) is 2.39. The Kier molecular flexibility index (Phi) is 2.71. The average Bonchev–Trinajstić information content (AvgIpc) is 2.69. The summed E-state index contributed by atoms with van der Waals surface area (Å²) in [5.41, 5.74) is 1.50. The van der Waals surface area contributed by atoms with E-state index in [9.17, 15) is 4.79 Å². The Bertz CT molecular complexity index is 748. The monoisotopic (exact) mass is 304 g/mol. The van der Waals surface area contributed by atoms with Crippen molar-refractivity contribution < 1.29 is 0 Å². The third-order valence-electron chi connectivity index (χ3n) is 2.67. The highest BCUT2D eigenvalue weighted by molar-refractivity contribution is 9.10. The van der Waals surface area contributed by atoms with Crippen LogP contribution in [0, 0.1) is 0 Å². The molecule has 0 radical (unpaired) electrons. The number of nitrogens with one attached hydrogen (secondary N) is 1. The van der Waals surface area contributed by atoms with Crippen LogP contribution in [0.1, 0.15) is 5.56 Å². The van der Waals surface area contributed by atoms with Gasteiger partial charge in [0.1, 0.15) is 9.99 Å². The largest absolute Gasteiger partial charge is 0.312 e. The topological polar surface area (TPSA) is 63.6 Å². The van der Waals surface area contributed by atoms with E-state index in [1.54, 1.807) is 4.68 Å². The lowest BCUT2D eigenvalue weighted by Crippen LogP contribution is -2.08. The maximum atomic E-state index is 11.7. The van der Waals surface area contributed by atoms with Crippen molar-refractivity contribution in [1.29, 1.82) is 0 Å². The van der Waals surface area contributed by atoms with E-state index < -0.39 is 0 Å². The predicted molar refractivity (Wildman–Crippen MR) is 71.4 cm³/mol. The van der Waals surface area contributed by atoms with Crippen molar-refractivity contribution in [2.75, 3.05) is 0 Å². The number of benzene rings is 1. The molecule has 90 valence electrons. The molecule has 0 aliphatic carbocycles. The third kappa shape index (κ3) is 1.84. The first-order valence-corrected chi connectivity index (χ1v) is 6.18. The Morgan fingerprint density at radius 2 is 2.06 bits per heavy atom. The zero-order valence-electron chi connectivity index (χ0n) is 9.30. The smallest absolute Gasteiger partial charge is 0.263 e. The van der Waals surface area contributed by atoms with E-state index >= 15 is 0 Å². The van der Waals surface area contributed by atoms with Crippen LogP contribution in [0.2, 0.25) is 0 Å². The molecule has 0 aliphatic rings. The fraction of sp³-hybridized carbons (Fsp3) is 0.0833. The predicted octanol–water partition coefficient (Wildman–Crippen LogP) is 1.93. The molecule has 2 heterocycles. The molecule has 0 spiro atoms. The van der Waals surface area contributed by atoms with E-state index in [-0.39, 0.29) is 5.56 Å². The minimum absolute atomic E-state index is 0.189. The molecule has 18 heavy (non-hydrogen) atoms. The number of H-pyrrole nitrogens is 1. The molecule has 0 saturated heterocycles. The van der Waals surface area contributed by atoms with Crippen LogP contribution >= 0.6 is 15.9 Å². The van der Waals surface area contributed by atoms with Crippen molar-refractivity contribution in [3.63, 3.8) is 0 Å². The molecular formula is C12H9BrN4O. The summed E-state index contributed by atoms with van der Waals surface area (Å²) in [5, 5.41) is 4.78. The summed E-state index contributed by atoms with van der Waals surface area (Å²) in [4.78, 5) is 18.4. The molecule has 1 N–H and O–H groups in total. The highest BCUT2D eigenvalue weighted by atomic mass is 79.9. The van der Waals surface area contributed by atoms with Crippen LogP contribution in [-0.2, 0) is 6.54 Å². The van der Waals surface area contributed by atoms with Crippen molar-refractivity contribution in [3.8, 4) is 0 Å². The lowest BCUT2D eigenvalue weighted by molar-refractivity contribution is 0.698. The van der Waals surface area contributed by atoms with Gasteiger partial charge in [0.05, 0.1) is 12.9 Å². The average molecular weight is 305 g/mol. The standard InChI is InChI=1S/C12H9BrN4O/c13-10-9-11(14-7-15-12(9)18)17(16-10)6-8-4-2-1-3-5-8/h1-5,7H,6H2,(H,14,15,18). The zero-order valence-corrected chi connectivity index (χ0v) is 10.9. The highest BCUT2D eigenvalue weighted by Crippen LogP contribution is 2.18. The zero-order chi connectivity index (χ0) is 12.5. The molecule has 0 unspecified atom stereocenters. The van der Waals surface area contributed by atoms with Gasteiger partial charge in [-0.15, -0.1) is 0 Å². The minimum atomic E-state index is -0.189. The lowest BCUT2D eigenvalue weighted by Gasteiger charge is -2.02. The summed E-state index contributed by atoms with van der Waals surface area (Å²) in [6.45, 7) is 0.583. The van der Waals surface area contributed by atoms with Crippen LogP contribution in [0.15, 0.2) is 46.1 Å². The number of fused-ring (bicyclic) bond motifs is 1. The summed E-state index contributed by atoms with van der Waals surface area (Å²) < 4.78 is 2.23. The molecule has 3 rings (SSSR count). The van der Waals surface area contributed by atoms with Gasteiger partial charge in [0, 0.05) is 0 Å². The summed E-state index contributed by atoms with van der Waals surface area (Å²) in [6, 6.07) is 9.92. The van der Waals surface area contributed by atoms with Gasteiger partial charge < -0.3 is 4.98 Å². The molecule has 6 heteroatoms. The van der Waals surface area contributed by atoms with Crippen LogP contribution < -0.4 is 5.56 Å². The van der Waals surface area contributed by atoms with Crippen LogP contribution in [0.3, 0.4) is 0 Å². The molecular weight excluding hydrogens is 296 g/mol. The molecule has 2 aromatic heterocycles. The molecule has 0 aliphatic heterocycles. The number of aromatic amines is 1. The Morgan fingerprint density at radius 3 is 2.83 bits per heavy atom. The van der Waals surface area contributed by atoms with Gasteiger partial charge in [0.2, 0.25) is 0 Å². The first-order valence-electron chi connectivity index (χ1n) is 5.39. The molecule has 0 fully saturated rings. The second-order valence-corrected chi connectivity index (χ2v) is 4.62. The maximum absolute atomic E-state index is 11.7. The molecule has 0 bridgehead atoms. The number of nitrogens with zero attached hydrogens (tertiary/aromatic N) is 3. The van der Waals surface area contributed by atoms with E-state index in [0.717, 1.165) is 5.56 Å². The van der Waals surface area contributed by atoms with Gasteiger partial charge in [0.15, 0.2) is 5.65 Å². The quantitative estimate of drug-likeness (QED) is 0.787. The molecule has 3 aromatic rings. The minimum Gasteiger partial charge on any atom is -0.312 e. The molecule has 0 atom stereocenters. The summed E-state index contributed by atoms with van der Waals surface area (Å²) in [5.74, 6) is 0. The first-order chi connectivity index (χ1) is 8.75. The Morgan fingerprint density at radius 1 is 1.28 bits per heavy atom. The number of hydrogen-bond donors (Lipinski definition) is 1. The summed E-state index contributed by atoms with van der Waals surface area (Å²) in [7, 11) is 0. The third-order valence-corrected chi connectivity index (χ3v) is 3.22. The molecule has 1 aromatic carbocycles. The summed E-state index contributed by atoms with van der Waals surface area (Å²) in [6.07, 6.45) is 1.39. The van der Waals surface area contributed by atoms with Gasteiger partial charge in [-0.3, -0.25) is 4.79 Å². The molecule has 0 amide bonds. The molecule has 0 saturated carbocycles. The van der Waals surface area contributed by atoms with E-state index in [1.807, 2.05) is 30.3 Å². The number of rotatable bonds is 2. The van der Waals surface area contributed by atoms with Crippen molar-refractivity contribution >= 4 is 27.0 Å². The van der Waals surface area contributed by atoms with Crippen LogP contribution in [-0.4, -0.2) is 19.7 Å². The summed E-state index contributed by atoms with van der Waals surface area (Å²) >= 11 is 3.29. The van der Waals surface area contributed by atoms with Gasteiger partial charge in [-0.25, -0.2) is 9.67 Å². The Hall–Kier alpha value is -1.95. The van der Waals surface area contributed by atoms with Crippen molar-refractivity contribution in [3.05, 3.63) is 57.2 Å². The number of aromatic nitrogens is 4. The maximum Gasteiger partial charge on any atom is 0.263 e. The fourth-order valence-electron chi connectivity index (χ4n) is 1.84. The van der Waals surface area contributed by atoms with Crippen LogP contribution in [0.5, 0.6) is 0 Å². The van der Waals surface area contributed by atoms with Gasteiger partial charge in [0.25, 0.3) is 5.56 Å². The van der Waals surface area contributed by atoms with E-state index in [4.69, 9.17) is 0 Å².